The highest BCUT2D eigenvalue weighted by molar-refractivity contribution is 6.30. The van der Waals surface area contributed by atoms with Crippen LogP contribution in [0.5, 0.6) is 0 Å². The molecule has 1 heterocycles. The molecule has 0 aromatic heterocycles. The Morgan fingerprint density at radius 3 is 3.10 bits per heavy atom. The van der Waals surface area contributed by atoms with Gasteiger partial charge in [-0.25, -0.2) is 4.79 Å². The molecule has 1 saturated heterocycles. The summed E-state index contributed by atoms with van der Waals surface area (Å²) in [5.41, 5.74) is 2.43. The molecule has 0 saturated carbocycles. The van der Waals surface area contributed by atoms with Gasteiger partial charge in [0.25, 0.3) is 0 Å². The predicted molar refractivity (Wildman–Crippen MR) is 88.1 cm³/mol. The van der Waals surface area contributed by atoms with Crippen molar-refractivity contribution in [3.63, 3.8) is 0 Å². The molecule has 1 aromatic rings. The number of benzene rings is 1. The van der Waals surface area contributed by atoms with Crippen molar-refractivity contribution in [2.24, 2.45) is 5.92 Å². The molecule has 2 N–H and O–H groups in total. The van der Waals surface area contributed by atoms with Gasteiger partial charge in [0.15, 0.2) is 0 Å². The van der Waals surface area contributed by atoms with Gasteiger partial charge in [-0.1, -0.05) is 23.7 Å². The van der Waals surface area contributed by atoms with Crippen LogP contribution in [0.3, 0.4) is 0 Å². The number of amides is 2. The van der Waals surface area contributed by atoms with E-state index in [0.29, 0.717) is 19.0 Å². The SMILES string of the molecule is C=CCNC(=O)NCC1CCN(c2cc(Cl)ccc2C)C1. The van der Waals surface area contributed by atoms with Gasteiger partial charge in [0, 0.05) is 36.9 Å². The topological polar surface area (TPSA) is 44.4 Å². The highest BCUT2D eigenvalue weighted by atomic mass is 35.5. The molecule has 2 rings (SSSR count). The van der Waals surface area contributed by atoms with Crippen molar-refractivity contribution in [2.75, 3.05) is 31.1 Å². The van der Waals surface area contributed by atoms with Crippen molar-refractivity contribution in [1.29, 1.82) is 0 Å². The Morgan fingerprint density at radius 2 is 2.33 bits per heavy atom. The third kappa shape index (κ3) is 4.39. The molecule has 0 aliphatic carbocycles. The molecule has 1 unspecified atom stereocenters. The van der Waals surface area contributed by atoms with Crippen LogP contribution >= 0.6 is 11.6 Å². The summed E-state index contributed by atoms with van der Waals surface area (Å²) in [6.07, 6.45) is 2.74. The lowest BCUT2D eigenvalue weighted by Crippen LogP contribution is -2.38. The first-order valence-corrected chi connectivity index (χ1v) is 7.61. The van der Waals surface area contributed by atoms with Gasteiger partial charge < -0.3 is 15.5 Å². The molecule has 114 valence electrons. The van der Waals surface area contributed by atoms with Crippen LogP contribution in [0.4, 0.5) is 10.5 Å². The largest absolute Gasteiger partial charge is 0.371 e. The molecule has 1 fully saturated rings. The predicted octanol–water partition coefficient (Wildman–Crippen LogP) is 2.96. The van der Waals surface area contributed by atoms with Crippen molar-refractivity contribution in [3.05, 3.63) is 41.4 Å². The lowest BCUT2D eigenvalue weighted by Gasteiger charge is -2.21. The molecule has 2 amide bonds. The van der Waals surface area contributed by atoms with Gasteiger partial charge in [0.2, 0.25) is 0 Å². The van der Waals surface area contributed by atoms with Crippen LogP contribution in [0.2, 0.25) is 5.02 Å². The average molecular weight is 308 g/mol. The van der Waals surface area contributed by atoms with E-state index in [2.05, 4.69) is 29.0 Å². The van der Waals surface area contributed by atoms with E-state index in [-0.39, 0.29) is 6.03 Å². The number of halogens is 1. The van der Waals surface area contributed by atoms with Crippen LogP contribution in [0.25, 0.3) is 0 Å². The van der Waals surface area contributed by atoms with Crippen molar-refractivity contribution >= 4 is 23.3 Å². The van der Waals surface area contributed by atoms with E-state index in [1.165, 1.54) is 11.3 Å². The first-order valence-electron chi connectivity index (χ1n) is 7.24. The summed E-state index contributed by atoms with van der Waals surface area (Å²) in [6.45, 7) is 8.80. The molecule has 0 spiro atoms. The van der Waals surface area contributed by atoms with E-state index in [0.717, 1.165) is 24.5 Å². The average Bonchev–Trinajstić information content (AvgIpc) is 2.94. The van der Waals surface area contributed by atoms with Crippen LogP contribution in [0.15, 0.2) is 30.9 Å². The zero-order valence-corrected chi connectivity index (χ0v) is 13.1. The fourth-order valence-corrected chi connectivity index (χ4v) is 2.77. The van der Waals surface area contributed by atoms with E-state index < -0.39 is 0 Å². The fraction of sp³-hybridized carbons (Fsp3) is 0.438. The van der Waals surface area contributed by atoms with Crippen LogP contribution in [-0.4, -0.2) is 32.2 Å². The maximum absolute atomic E-state index is 11.5. The van der Waals surface area contributed by atoms with Crippen LogP contribution in [-0.2, 0) is 0 Å². The lowest BCUT2D eigenvalue weighted by atomic mass is 10.1. The standard InChI is InChI=1S/C16H22ClN3O/c1-3-7-18-16(21)19-10-13-6-8-20(11-13)15-9-14(17)5-4-12(15)2/h3-5,9,13H,1,6-8,10-11H2,2H3,(H2,18,19,21). The van der Waals surface area contributed by atoms with Gasteiger partial charge >= 0.3 is 6.03 Å². The fourth-order valence-electron chi connectivity index (χ4n) is 2.61. The summed E-state index contributed by atoms with van der Waals surface area (Å²) in [5, 5.41) is 6.39. The Labute approximate surface area is 131 Å². The van der Waals surface area contributed by atoms with Gasteiger partial charge in [0.1, 0.15) is 0 Å². The lowest BCUT2D eigenvalue weighted by molar-refractivity contribution is 0.240. The minimum atomic E-state index is -0.132. The molecular formula is C16H22ClN3O. The number of nitrogens with zero attached hydrogens (tertiary/aromatic N) is 1. The minimum Gasteiger partial charge on any atom is -0.371 e. The molecule has 21 heavy (non-hydrogen) atoms. The Morgan fingerprint density at radius 1 is 1.52 bits per heavy atom. The molecule has 1 aliphatic heterocycles. The van der Waals surface area contributed by atoms with E-state index in [1.54, 1.807) is 6.08 Å². The number of hydrogen-bond acceptors (Lipinski definition) is 2. The van der Waals surface area contributed by atoms with E-state index >= 15 is 0 Å². The molecular weight excluding hydrogens is 286 g/mol. The number of hydrogen-bond donors (Lipinski definition) is 2. The second-order valence-electron chi connectivity index (χ2n) is 5.41. The summed E-state index contributed by atoms with van der Waals surface area (Å²) in [7, 11) is 0. The second kappa shape index (κ2) is 7.36. The maximum Gasteiger partial charge on any atom is 0.315 e. The van der Waals surface area contributed by atoms with Crippen LogP contribution in [0.1, 0.15) is 12.0 Å². The smallest absolute Gasteiger partial charge is 0.315 e. The number of anilines is 1. The van der Waals surface area contributed by atoms with Gasteiger partial charge in [0.05, 0.1) is 0 Å². The number of nitrogens with one attached hydrogen (secondary N) is 2. The first kappa shape index (κ1) is 15.7. The number of aryl methyl sites for hydroxylation is 1. The monoisotopic (exact) mass is 307 g/mol. The minimum absolute atomic E-state index is 0.132. The Kier molecular flexibility index (Phi) is 5.51. The van der Waals surface area contributed by atoms with Crippen molar-refractivity contribution < 1.29 is 4.79 Å². The molecule has 1 atom stereocenters. The second-order valence-corrected chi connectivity index (χ2v) is 5.85. The Bertz CT molecular complexity index is 518. The summed E-state index contributed by atoms with van der Waals surface area (Å²) in [4.78, 5) is 13.9. The Hall–Kier alpha value is -1.68. The molecule has 4 nitrogen and oxygen atoms in total. The van der Waals surface area contributed by atoms with Crippen molar-refractivity contribution in [1.82, 2.24) is 10.6 Å². The molecule has 1 aromatic carbocycles. The van der Waals surface area contributed by atoms with E-state index in [9.17, 15) is 4.79 Å². The normalized spacial score (nSPS) is 17.6. The van der Waals surface area contributed by atoms with Crippen molar-refractivity contribution in [3.8, 4) is 0 Å². The third-order valence-corrected chi connectivity index (χ3v) is 3.99. The zero-order chi connectivity index (χ0) is 15.2. The molecule has 1 aliphatic rings. The first-order chi connectivity index (χ1) is 10.1. The third-order valence-electron chi connectivity index (χ3n) is 3.76. The molecule has 5 heteroatoms. The number of urea groups is 1. The molecule has 0 radical (unpaired) electrons. The summed E-state index contributed by atoms with van der Waals surface area (Å²) < 4.78 is 0. The van der Waals surface area contributed by atoms with Gasteiger partial charge in [-0.05, 0) is 37.0 Å². The quantitative estimate of drug-likeness (QED) is 0.822. The summed E-state index contributed by atoms with van der Waals surface area (Å²) in [6, 6.07) is 5.85. The number of carbonyl (C=O) groups excluding carboxylic acids is 1. The van der Waals surface area contributed by atoms with Gasteiger partial charge in [-0.3, -0.25) is 0 Å². The van der Waals surface area contributed by atoms with Gasteiger partial charge in [-0.15, -0.1) is 6.58 Å². The van der Waals surface area contributed by atoms with Crippen LogP contribution < -0.4 is 15.5 Å². The van der Waals surface area contributed by atoms with E-state index in [1.807, 2.05) is 18.2 Å². The summed E-state index contributed by atoms with van der Waals surface area (Å²) in [5.74, 6) is 0.470. The maximum atomic E-state index is 11.5. The number of rotatable bonds is 5. The van der Waals surface area contributed by atoms with Gasteiger partial charge in [-0.2, -0.15) is 0 Å². The number of carbonyl (C=O) groups is 1. The van der Waals surface area contributed by atoms with Crippen LogP contribution in [0, 0.1) is 12.8 Å². The summed E-state index contributed by atoms with van der Waals surface area (Å²) >= 11 is 6.08. The highest BCUT2D eigenvalue weighted by Crippen LogP contribution is 2.29. The molecule has 0 bridgehead atoms. The van der Waals surface area contributed by atoms with E-state index in [4.69, 9.17) is 11.6 Å². The van der Waals surface area contributed by atoms with Crippen molar-refractivity contribution in [2.45, 2.75) is 13.3 Å². The highest BCUT2D eigenvalue weighted by Gasteiger charge is 2.24. The Balaban J connectivity index is 1.84. The zero-order valence-electron chi connectivity index (χ0n) is 12.4.